The largest absolute Gasteiger partial charge is 0.306 e. The minimum Gasteiger partial charge on any atom is -0.306 e. The predicted octanol–water partition coefficient (Wildman–Crippen LogP) is 5.09. The van der Waals surface area contributed by atoms with E-state index in [-0.39, 0.29) is 16.9 Å². The number of nitrogens with one attached hydrogen (secondary N) is 1. The summed E-state index contributed by atoms with van der Waals surface area (Å²) in [7, 11) is 0. The molecule has 2 aromatic carbocycles. The lowest BCUT2D eigenvalue weighted by molar-refractivity contribution is 0.570. The van der Waals surface area contributed by atoms with E-state index in [2.05, 4.69) is 27.3 Å². The van der Waals surface area contributed by atoms with E-state index in [0.29, 0.717) is 0 Å². The molecule has 0 heterocycles. The summed E-state index contributed by atoms with van der Waals surface area (Å²) in [6.45, 7) is 2.76. The minimum absolute atomic E-state index is 0.102. The fraction of sp³-hybridized carbons (Fsp3) is 0.200. The van der Waals surface area contributed by atoms with Crippen molar-refractivity contribution in [3.63, 3.8) is 0 Å². The molecule has 0 fully saturated rings. The fourth-order valence-corrected chi connectivity index (χ4v) is 2.42. The molecule has 4 heteroatoms. The highest BCUT2D eigenvalue weighted by Crippen LogP contribution is 2.22. The van der Waals surface area contributed by atoms with Crippen LogP contribution in [0.2, 0.25) is 5.02 Å². The molecule has 2 aromatic rings. The Kier molecular flexibility index (Phi) is 4.97. The van der Waals surface area contributed by atoms with E-state index in [4.69, 9.17) is 11.6 Å². The summed E-state index contributed by atoms with van der Waals surface area (Å²) in [5.41, 5.74) is 2.15. The van der Waals surface area contributed by atoms with E-state index in [1.165, 1.54) is 11.6 Å². The van der Waals surface area contributed by atoms with Crippen LogP contribution < -0.4 is 5.32 Å². The molecule has 0 bridgehead atoms. The SMILES string of the molecule is CC(NCc1ccccc1Br)c1ccc(F)c(Cl)c1. The molecule has 1 atom stereocenters. The highest BCUT2D eigenvalue weighted by molar-refractivity contribution is 9.10. The molecule has 0 saturated heterocycles. The average molecular weight is 343 g/mol. The van der Waals surface area contributed by atoms with Crippen molar-refractivity contribution in [2.24, 2.45) is 0 Å². The van der Waals surface area contributed by atoms with Crippen LogP contribution in [0.3, 0.4) is 0 Å². The zero-order chi connectivity index (χ0) is 13.8. The standard InChI is InChI=1S/C15H14BrClFN/c1-10(11-6-7-15(18)14(17)8-11)19-9-12-4-2-3-5-13(12)16/h2-8,10,19H,9H2,1H3. The highest BCUT2D eigenvalue weighted by atomic mass is 79.9. The van der Waals surface area contributed by atoms with Gasteiger partial charge in [0.25, 0.3) is 0 Å². The van der Waals surface area contributed by atoms with Crippen LogP contribution in [0.15, 0.2) is 46.9 Å². The molecule has 0 aliphatic carbocycles. The van der Waals surface area contributed by atoms with Crippen molar-refractivity contribution < 1.29 is 4.39 Å². The number of benzene rings is 2. The maximum atomic E-state index is 13.1. The minimum atomic E-state index is -0.386. The molecule has 0 saturated carbocycles. The van der Waals surface area contributed by atoms with Gasteiger partial charge < -0.3 is 5.32 Å². The van der Waals surface area contributed by atoms with Crippen molar-refractivity contribution in [2.75, 3.05) is 0 Å². The van der Waals surface area contributed by atoms with Gasteiger partial charge in [-0.1, -0.05) is 51.8 Å². The molecule has 19 heavy (non-hydrogen) atoms. The van der Waals surface area contributed by atoms with Crippen molar-refractivity contribution in [3.05, 3.63) is 68.9 Å². The van der Waals surface area contributed by atoms with Gasteiger partial charge in [-0.3, -0.25) is 0 Å². The fourth-order valence-electron chi connectivity index (χ4n) is 1.80. The summed E-state index contributed by atoms with van der Waals surface area (Å²) in [6.07, 6.45) is 0. The van der Waals surface area contributed by atoms with Crippen molar-refractivity contribution in [1.82, 2.24) is 5.32 Å². The van der Waals surface area contributed by atoms with Gasteiger partial charge in [0.05, 0.1) is 5.02 Å². The quantitative estimate of drug-likeness (QED) is 0.816. The van der Waals surface area contributed by atoms with Crippen LogP contribution in [-0.2, 0) is 6.54 Å². The van der Waals surface area contributed by atoms with Gasteiger partial charge in [-0.15, -0.1) is 0 Å². The molecule has 1 N–H and O–H groups in total. The second kappa shape index (κ2) is 6.51. The van der Waals surface area contributed by atoms with E-state index in [1.54, 1.807) is 12.1 Å². The smallest absolute Gasteiger partial charge is 0.141 e. The highest BCUT2D eigenvalue weighted by Gasteiger charge is 2.08. The van der Waals surface area contributed by atoms with E-state index < -0.39 is 0 Å². The molecule has 0 radical (unpaired) electrons. The second-order valence-corrected chi connectivity index (χ2v) is 5.63. The Hall–Kier alpha value is -0.900. The van der Waals surface area contributed by atoms with Crippen LogP contribution in [0.5, 0.6) is 0 Å². The molecule has 0 spiro atoms. The molecular formula is C15H14BrClFN. The lowest BCUT2D eigenvalue weighted by Gasteiger charge is -2.15. The monoisotopic (exact) mass is 341 g/mol. The second-order valence-electron chi connectivity index (χ2n) is 4.37. The number of rotatable bonds is 4. The molecule has 2 rings (SSSR count). The van der Waals surface area contributed by atoms with Crippen molar-refractivity contribution >= 4 is 27.5 Å². The Morgan fingerprint density at radius 3 is 2.68 bits per heavy atom. The third kappa shape index (κ3) is 3.78. The molecule has 0 aliphatic rings. The molecular weight excluding hydrogens is 329 g/mol. The van der Waals surface area contributed by atoms with Gasteiger partial charge in [0.1, 0.15) is 5.82 Å². The van der Waals surface area contributed by atoms with Crippen LogP contribution >= 0.6 is 27.5 Å². The number of hydrogen-bond donors (Lipinski definition) is 1. The normalized spacial score (nSPS) is 12.4. The maximum Gasteiger partial charge on any atom is 0.141 e. The predicted molar refractivity (Wildman–Crippen MR) is 80.8 cm³/mol. The number of halogens is 3. The maximum absolute atomic E-state index is 13.1. The van der Waals surface area contributed by atoms with Crippen LogP contribution in [0.25, 0.3) is 0 Å². The van der Waals surface area contributed by atoms with Gasteiger partial charge in [0.2, 0.25) is 0 Å². The van der Waals surface area contributed by atoms with E-state index in [1.807, 2.05) is 25.1 Å². The molecule has 0 amide bonds. The van der Waals surface area contributed by atoms with Gasteiger partial charge in [-0.05, 0) is 36.2 Å². The lowest BCUT2D eigenvalue weighted by atomic mass is 10.1. The Balaban J connectivity index is 2.03. The van der Waals surface area contributed by atoms with Crippen molar-refractivity contribution in [1.29, 1.82) is 0 Å². The van der Waals surface area contributed by atoms with Crippen LogP contribution in [-0.4, -0.2) is 0 Å². The summed E-state index contributed by atoms with van der Waals surface area (Å²) in [5.74, 6) is -0.386. The Labute approximate surface area is 125 Å². The average Bonchev–Trinajstić information content (AvgIpc) is 2.40. The Bertz CT molecular complexity index is 574. The van der Waals surface area contributed by atoms with Gasteiger partial charge in [0, 0.05) is 17.1 Å². The summed E-state index contributed by atoms with van der Waals surface area (Å²) in [4.78, 5) is 0. The first-order valence-corrected chi connectivity index (χ1v) is 7.17. The topological polar surface area (TPSA) is 12.0 Å². The van der Waals surface area contributed by atoms with Gasteiger partial charge in [-0.2, -0.15) is 0 Å². The van der Waals surface area contributed by atoms with Gasteiger partial charge in [-0.25, -0.2) is 4.39 Å². The molecule has 0 aliphatic heterocycles. The van der Waals surface area contributed by atoms with Gasteiger partial charge >= 0.3 is 0 Å². The first-order chi connectivity index (χ1) is 9.08. The Morgan fingerprint density at radius 1 is 1.26 bits per heavy atom. The number of hydrogen-bond acceptors (Lipinski definition) is 1. The molecule has 1 nitrogen and oxygen atoms in total. The van der Waals surface area contributed by atoms with Crippen LogP contribution in [0, 0.1) is 5.82 Å². The van der Waals surface area contributed by atoms with Crippen LogP contribution in [0.1, 0.15) is 24.1 Å². The summed E-state index contributed by atoms with van der Waals surface area (Å²) in [6, 6.07) is 13.0. The summed E-state index contributed by atoms with van der Waals surface area (Å²) in [5, 5.41) is 3.55. The zero-order valence-corrected chi connectivity index (χ0v) is 12.8. The first-order valence-electron chi connectivity index (χ1n) is 5.99. The summed E-state index contributed by atoms with van der Waals surface area (Å²) < 4.78 is 14.2. The molecule has 1 unspecified atom stereocenters. The van der Waals surface area contributed by atoms with Crippen molar-refractivity contribution in [3.8, 4) is 0 Å². The van der Waals surface area contributed by atoms with E-state index in [9.17, 15) is 4.39 Å². The molecule has 0 aromatic heterocycles. The van der Waals surface area contributed by atoms with Crippen LogP contribution in [0.4, 0.5) is 4.39 Å². The Morgan fingerprint density at radius 2 is 2.00 bits per heavy atom. The van der Waals surface area contributed by atoms with E-state index >= 15 is 0 Å². The zero-order valence-electron chi connectivity index (χ0n) is 10.5. The third-order valence-corrected chi connectivity index (χ3v) is 4.06. The third-order valence-electron chi connectivity index (χ3n) is 3.00. The molecule has 100 valence electrons. The first kappa shape index (κ1) is 14.5. The van der Waals surface area contributed by atoms with Crippen molar-refractivity contribution in [2.45, 2.75) is 19.5 Å². The lowest BCUT2D eigenvalue weighted by Crippen LogP contribution is -2.18. The van der Waals surface area contributed by atoms with E-state index in [0.717, 1.165) is 16.6 Å². The summed E-state index contributed by atoms with van der Waals surface area (Å²) >= 11 is 9.30. The van der Waals surface area contributed by atoms with Gasteiger partial charge in [0.15, 0.2) is 0 Å².